The van der Waals surface area contributed by atoms with Gasteiger partial charge >= 0.3 is 0 Å². The Morgan fingerprint density at radius 2 is 1.71 bits per heavy atom. The van der Waals surface area contributed by atoms with Crippen LogP contribution in [-0.4, -0.2) is 0 Å². The maximum atomic E-state index is 14.3. The van der Waals surface area contributed by atoms with Crippen LogP contribution in [0.1, 0.15) is 50.2 Å². The van der Waals surface area contributed by atoms with Crippen molar-refractivity contribution in [2.24, 2.45) is 11.8 Å². The van der Waals surface area contributed by atoms with Gasteiger partial charge in [0, 0.05) is 0 Å². The van der Waals surface area contributed by atoms with Gasteiger partial charge in [0.2, 0.25) is 0 Å². The van der Waals surface area contributed by atoms with Crippen molar-refractivity contribution in [2.75, 3.05) is 0 Å². The zero-order valence-corrected chi connectivity index (χ0v) is 14.6. The molecule has 24 heavy (non-hydrogen) atoms. The van der Waals surface area contributed by atoms with Crippen molar-refractivity contribution in [2.45, 2.75) is 45.4 Å². The molecule has 0 aliphatic heterocycles. The van der Waals surface area contributed by atoms with Crippen molar-refractivity contribution < 1.29 is 4.39 Å². The number of hydrogen-bond donors (Lipinski definition) is 0. The van der Waals surface area contributed by atoms with Crippen LogP contribution in [-0.2, 0) is 6.42 Å². The van der Waals surface area contributed by atoms with E-state index in [-0.39, 0.29) is 5.82 Å². The third-order valence-corrected chi connectivity index (χ3v) is 5.52. The monoisotopic (exact) mass is 322 g/mol. The topological polar surface area (TPSA) is 0 Å². The zero-order valence-electron chi connectivity index (χ0n) is 14.6. The molecule has 1 unspecified atom stereocenters. The molecule has 0 amide bonds. The minimum absolute atomic E-state index is 0.0656. The largest absolute Gasteiger partial charge is 0.207 e. The van der Waals surface area contributed by atoms with Crippen LogP contribution < -0.4 is 0 Å². The molecule has 3 rings (SSSR count). The van der Waals surface area contributed by atoms with Gasteiger partial charge in [0.25, 0.3) is 0 Å². The van der Waals surface area contributed by atoms with E-state index >= 15 is 0 Å². The lowest BCUT2D eigenvalue weighted by molar-refractivity contribution is 0.261. The van der Waals surface area contributed by atoms with E-state index in [1.165, 1.54) is 32.1 Å². The lowest BCUT2D eigenvalue weighted by atomic mass is 9.78. The summed E-state index contributed by atoms with van der Waals surface area (Å²) in [7, 11) is 0. The molecule has 0 N–H and O–H groups in total. The van der Waals surface area contributed by atoms with E-state index in [1.54, 1.807) is 6.07 Å². The van der Waals surface area contributed by atoms with Crippen molar-refractivity contribution in [1.29, 1.82) is 0 Å². The number of benzene rings is 2. The molecule has 1 aliphatic rings. The first-order valence-electron chi connectivity index (χ1n) is 9.18. The molecule has 2 aromatic rings. The van der Waals surface area contributed by atoms with Gasteiger partial charge in [-0.05, 0) is 52.6 Å². The Hall–Kier alpha value is -1.89. The Kier molecular flexibility index (Phi) is 5.50. The summed E-state index contributed by atoms with van der Waals surface area (Å²) in [5, 5.41) is 0. The van der Waals surface area contributed by atoms with Gasteiger partial charge in [0.1, 0.15) is 5.82 Å². The third kappa shape index (κ3) is 3.95. The molecule has 0 bridgehead atoms. The maximum absolute atomic E-state index is 14.3. The first-order valence-corrected chi connectivity index (χ1v) is 9.18. The number of halogens is 1. The Morgan fingerprint density at radius 3 is 2.38 bits per heavy atom. The van der Waals surface area contributed by atoms with Crippen LogP contribution in [0.5, 0.6) is 0 Å². The summed E-state index contributed by atoms with van der Waals surface area (Å²) in [5.74, 6) is 1.25. The standard InChI is InChI=1S/C23H27F/c1-3-18-9-11-20(12-10-18)21-13-14-23(24)22(16-21)15-17(2)19-7-5-4-6-8-19/h3,9-14,16-17,19H,1,4-8,15H2,2H3. The van der Waals surface area contributed by atoms with Crippen LogP contribution in [0.15, 0.2) is 49.0 Å². The molecule has 2 aromatic carbocycles. The van der Waals surface area contributed by atoms with E-state index in [0.717, 1.165) is 34.6 Å². The van der Waals surface area contributed by atoms with E-state index in [0.29, 0.717) is 5.92 Å². The molecule has 0 spiro atoms. The van der Waals surface area contributed by atoms with Gasteiger partial charge in [0.15, 0.2) is 0 Å². The van der Waals surface area contributed by atoms with Gasteiger partial charge < -0.3 is 0 Å². The van der Waals surface area contributed by atoms with Gasteiger partial charge in [0.05, 0.1) is 0 Å². The van der Waals surface area contributed by atoms with Gasteiger partial charge in [-0.3, -0.25) is 0 Å². The fraction of sp³-hybridized carbons (Fsp3) is 0.391. The first kappa shape index (κ1) is 17.0. The zero-order chi connectivity index (χ0) is 16.9. The van der Waals surface area contributed by atoms with Crippen LogP contribution >= 0.6 is 0 Å². The maximum Gasteiger partial charge on any atom is 0.126 e. The van der Waals surface area contributed by atoms with Crippen molar-refractivity contribution in [3.8, 4) is 11.1 Å². The molecule has 0 nitrogen and oxygen atoms in total. The van der Waals surface area contributed by atoms with Crippen LogP contribution in [0.2, 0.25) is 0 Å². The molecule has 1 aliphatic carbocycles. The molecular formula is C23H27F. The van der Waals surface area contributed by atoms with Gasteiger partial charge in [-0.1, -0.05) is 82.0 Å². The van der Waals surface area contributed by atoms with Crippen LogP contribution in [0.25, 0.3) is 17.2 Å². The Morgan fingerprint density at radius 1 is 1.04 bits per heavy atom. The second kappa shape index (κ2) is 7.79. The fourth-order valence-corrected chi connectivity index (χ4v) is 3.94. The Labute approximate surface area is 145 Å². The lowest BCUT2D eigenvalue weighted by Gasteiger charge is -2.28. The molecule has 0 radical (unpaired) electrons. The molecule has 1 heteroatoms. The van der Waals surface area contributed by atoms with E-state index < -0.39 is 0 Å². The normalized spacial score (nSPS) is 16.8. The highest BCUT2D eigenvalue weighted by molar-refractivity contribution is 5.66. The quantitative estimate of drug-likeness (QED) is 0.562. The van der Waals surface area contributed by atoms with E-state index in [2.05, 4.69) is 37.8 Å². The average Bonchev–Trinajstić information content (AvgIpc) is 2.64. The van der Waals surface area contributed by atoms with Crippen molar-refractivity contribution >= 4 is 6.08 Å². The molecule has 1 saturated carbocycles. The molecule has 126 valence electrons. The molecule has 0 heterocycles. The first-order chi connectivity index (χ1) is 11.7. The highest BCUT2D eigenvalue weighted by Crippen LogP contribution is 2.33. The third-order valence-electron chi connectivity index (χ3n) is 5.52. The predicted octanol–water partition coefficient (Wildman–Crippen LogP) is 6.89. The minimum Gasteiger partial charge on any atom is -0.207 e. The summed E-state index contributed by atoms with van der Waals surface area (Å²) in [5.41, 5.74) is 4.19. The summed E-state index contributed by atoms with van der Waals surface area (Å²) in [6, 6.07) is 13.8. The number of rotatable bonds is 5. The summed E-state index contributed by atoms with van der Waals surface area (Å²) in [6.45, 7) is 6.08. The summed E-state index contributed by atoms with van der Waals surface area (Å²) in [6.07, 6.45) is 9.35. The fourth-order valence-electron chi connectivity index (χ4n) is 3.94. The van der Waals surface area contributed by atoms with Crippen LogP contribution in [0, 0.1) is 17.7 Å². The second-order valence-corrected chi connectivity index (χ2v) is 7.21. The summed E-state index contributed by atoms with van der Waals surface area (Å²) in [4.78, 5) is 0. The number of hydrogen-bond acceptors (Lipinski definition) is 0. The molecule has 1 atom stereocenters. The van der Waals surface area contributed by atoms with Gasteiger partial charge in [-0.2, -0.15) is 0 Å². The highest BCUT2D eigenvalue weighted by atomic mass is 19.1. The van der Waals surface area contributed by atoms with E-state index in [9.17, 15) is 4.39 Å². The molecule has 1 fully saturated rings. The van der Waals surface area contributed by atoms with Crippen molar-refractivity contribution in [1.82, 2.24) is 0 Å². The molecule has 0 aromatic heterocycles. The average molecular weight is 322 g/mol. The van der Waals surface area contributed by atoms with Gasteiger partial charge in [-0.25, -0.2) is 4.39 Å². The summed E-state index contributed by atoms with van der Waals surface area (Å²) >= 11 is 0. The van der Waals surface area contributed by atoms with E-state index in [4.69, 9.17) is 0 Å². The van der Waals surface area contributed by atoms with Crippen LogP contribution in [0.4, 0.5) is 4.39 Å². The van der Waals surface area contributed by atoms with Crippen molar-refractivity contribution in [3.05, 3.63) is 66.0 Å². The smallest absolute Gasteiger partial charge is 0.126 e. The van der Waals surface area contributed by atoms with Crippen LogP contribution in [0.3, 0.4) is 0 Å². The lowest BCUT2D eigenvalue weighted by Crippen LogP contribution is -2.17. The Bertz CT molecular complexity index is 678. The van der Waals surface area contributed by atoms with Gasteiger partial charge in [-0.15, -0.1) is 0 Å². The minimum atomic E-state index is -0.0656. The molecular weight excluding hydrogens is 295 g/mol. The predicted molar refractivity (Wildman–Crippen MR) is 101 cm³/mol. The molecule has 0 saturated heterocycles. The SMILES string of the molecule is C=Cc1ccc(-c2ccc(F)c(CC(C)C3CCCCC3)c2)cc1. The highest BCUT2D eigenvalue weighted by Gasteiger charge is 2.21. The second-order valence-electron chi connectivity index (χ2n) is 7.21. The van der Waals surface area contributed by atoms with Crippen molar-refractivity contribution in [3.63, 3.8) is 0 Å². The Balaban J connectivity index is 1.78. The van der Waals surface area contributed by atoms with E-state index in [1.807, 2.05) is 18.2 Å². The summed E-state index contributed by atoms with van der Waals surface area (Å²) < 4.78 is 14.3.